The molecule has 0 bridgehead atoms. The van der Waals surface area contributed by atoms with Crippen LogP contribution in [-0.2, 0) is 6.42 Å². The lowest BCUT2D eigenvalue weighted by Gasteiger charge is -2.25. The average Bonchev–Trinajstić information content (AvgIpc) is 2.66. The summed E-state index contributed by atoms with van der Waals surface area (Å²) in [5.74, 6) is 7.96. The van der Waals surface area contributed by atoms with Crippen LogP contribution < -0.4 is 9.92 Å². The van der Waals surface area contributed by atoms with Gasteiger partial charge in [-0.05, 0) is 70.2 Å². The second kappa shape index (κ2) is 10.7. The lowest BCUT2D eigenvalue weighted by atomic mass is 9.97. The molecule has 2 rings (SSSR count). The quantitative estimate of drug-likeness (QED) is 0.342. The molecule has 0 aromatic heterocycles. The highest BCUT2D eigenvalue weighted by Gasteiger charge is 2.26. The van der Waals surface area contributed by atoms with Gasteiger partial charge in [0.05, 0.1) is 6.23 Å². The van der Waals surface area contributed by atoms with E-state index in [-0.39, 0.29) is 5.41 Å². The monoisotopic (exact) mass is 418 g/mol. The van der Waals surface area contributed by atoms with Gasteiger partial charge in [-0.1, -0.05) is 85.1 Å². The highest BCUT2D eigenvalue weighted by molar-refractivity contribution is 6.90. The maximum absolute atomic E-state index is 6.28. The van der Waals surface area contributed by atoms with Crippen LogP contribution in [0, 0.1) is 30.1 Å². The van der Waals surface area contributed by atoms with Crippen LogP contribution in [0.2, 0.25) is 13.1 Å². The summed E-state index contributed by atoms with van der Waals surface area (Å²) < 4.78 is 6.28. The standard InChI is InChI=1S/C28H38OSi/c1-23(14-9-8-12-19-28(3,4)5)20-25-16-13-17-26(21-25)29-22-30(6,7)27-18-11-10-15-24(27)2/h8-11,13,15-18,21,23H,14,20,22H2,1-7H3/b9-8+. The van der Waals surface area contributed by atoms with Gasteiger partial charge in [0, 0.05) is 5.41 Å². The van der Waals surface area contributed by atoms with Gasteiger partial charge in [-0.3, -0.25) is 0 Å². The fraction of sp³-hybridized carbons (Fsp3) is 0.429. The molecule has 1 unspecified atom stereocenters. The molecule has 2 aromatic carbocycles. The Morgan fingerprint density at radius 1 is 1.07 bits per heavy atom. The third-order valence-electron chi connectivity index (χ3n) is 5.14. The molecule has 160 valence electrons. The van der Waals surface area contributed by atoms with Crippen LogP contribution in [-0.4, -0.2) is 14.3 Å². The largest absolute Gasteiger partial charge is 0.497 e. The first kappa shape index (κ1) is 24.0. The number of ether oxygens (including phenoxy) is 1. The van der Waals surface area contributed by atoms with E-state index in [9.17, 15) is 0 Å². The maximum Gasteiger partial charge on any atom is 0.124 e. The van der Waals surface area contributed by atoms with E-state index in [0.29, 0.717) is 5.92 Å². The number of aryl methyl sites for hydroxylation is 1. The van der Waals surface area contributed by atoms with E-state index < -0.39 is 8.07 Å². The van der Waals surface area contributed by atoms with Crippen LogP contribution in [0.15, 0.2) is 60.7 Å². The zero-order valence-electron chi connectivity index (χ0n) is 19.9. The smallest absolute Gasteiger partial charge is 0.124 e. The first-order chi connectivity index (χ1) is 14.1. The van der Waals surface area contributed by atoms with Crippen molar-refractivity contribution in [1.29, 1.82) is 0 Å². The van der Waals surface area contributed by atoms with E-state index in [1.807, 2.05) is 6.08 Å². The van der Waals surface area contributed by atoms with Crippen molar-refractivity contribution in [2.75, 3.05) is 6.23 Å². The van der Waals surface area contributed by atoms with Crippen LogP contribution in [0.5, 0.6) is 5.75 Å². The zero-order chi connectivity index (χ0) is 22.2. The summed E-state index contributed by atoms with van der Waals surface area (Å²) in [5, 5.41) is 1.48. The molecule has 0 saturated carbocycles. The first-order valence-electron chi connectivity index (χ1n) is 11.0. The van der Waals surface area contributed by atoms with Gasteiger partial charge in [0.2, 0.25) is 0 Å². The highest BCUT2D eigenvalue weighted by Crippen LogP contribution is 2.19. The van der Waals surface area contributed by atoms with Crippen molar-refractivity contribution in [2.45, 2.75) is 60.6 Å². The van der Waals surface area contributed by atoms with E-state index in [1.165, 1.54) is 16.3 Å². The summed E-state index contributed by atoms with van der Waals surface area (Å²) in [6.45, 7) is 15.7. The molecule has 2 aromatic rings. The van der Waals surface area contributed by atoms with E-state index in [4.69, 9.17) is 4.74 Å². The molecule has 30 heavy (non-hydrogen) atoms. The molecule has 2 heteroatoms. The molecule has 0 heterocycles. The van der Waals surface area contributed by atoms with Crippen LogP contribution in [0.4, 0.5) is 0 Å². The van der Waals surface area contributed by atoms with Gasteiger partial charge in [0.15, 0.2) is 0 Å². The molecule has 0 aliphatic rings. The van der Waals surface area contributed by atoms with E-state index >= 15 is 0 Å². The summed E-state index contributed by atoms with van der Waals surface area (Å²) in [7, 11) is -1.64. The van der Waals surface area contributed by atoms with E-state index in [0.717, 1.165) is 24.8 Å². The molecular formula is C28H38OSi. The Morgan fingerprint density at radius 2 is 1.80 bits per heavy atom. The number of allylic oxidation sites excluding steroid dienone is 2. The number of hydrogen-bond acceptors (Lipinski definition) is 1. The first-order valence-corrected chi connectivity index (χ1v) is 14.2. The van der Waals surface area contributed by atoms with Crippen molar-refractivity contribution in [1.82, 2.24) is 0 Å². The lowest BCUT2D eigenvalue weighted by Crippen LogP contribution is -2.48. The molecule has 0 N–H and O–H groups in total. The fourth-order valence-corrected chi connectivity index (χ4v) is 5.92. The summed E-state index contributed by atoms with van der Waals surface area (Å²) in [5.41, 5.74) is 2.78. The summed E-state index contributed by atoms with van der Waals surface area (Å²) in [6.07, 6.45) is 7.08. The molecule has 0 radical (unpaired) electrons. The van der Waals surface area contributed by atoms with E-state index in [1.54, 1.807) is 0 Å². The number of hydrogen-bond donors (Lipinski definition) is 0. The van der Waals surface area contributed by atoms with Crippen LogP contribution in [0.25, 0.3) is 0 Å². The molecule has 1 nitrogen and oxygen atoms in total. The Hall–Kier alpha value is -2.24. The van der Waals surface area contributed by atoms with Crippen molar-refractivity contribution in [3.8, 4) is 17.6 Å². The van der Waals surface area contributed by atoms with Crippen molar-refractivity contribution >= 4 is 13.3 Å². The Labute approximate surface area is 185 Å². The normalized spacial score (nSPS) is 13.0. The third kappa shape index (κ3) is 8.25. The Morgan fingerprint density at radius 3 is 2.50 bits per heavy atom. The molecular weight excluding hydrogens is 380 g/mol. The number of benzene rings is 2. The van der Waals surface area contributed by atoms with Gasteiger partial charge in [0.1, 0.15) is 13.8 Å². The molecule has 0 saturated heterocycles. The van der Waals surface area contributed by atoms with Gasteiger partial charge >= 0.3 is 0 Å². The second-order valence-electron chi connectivity index (χ2n) is 10.1. The molecule has 0 fully saturated rings. The molecule has 0 spiro atoms. The topological polar surface area (TPSA) is 9.23 Å². The minimum absolute atomic E-state index is 0.0625. The van der Waals surface area contributed by atoms with Gasteiger partial charge in [-0.2, -0.15) is 0 Å². The molecule has 0 amide bonds. The van der Waals surface area contributed by atoms with Crippen molar-refractivity contribution in [3.63, 3.8) is 0 Å². The van der Waals surface area contributed by atoms with Gasteiger partial charge < -0.3 is 4.74 Å². The Bertz CT molecular complexity index is 906. The van der Waals surface area contributed by atoms with Crippen LogP contribution in [0.1, 0.15) is 45.2 Å². The second-order valence-corrected chi connectivity index (χ2v) is 14.7. The summed E-state index contributed by atoms with van der Waals surface area (Å²) in [6, 6.07) is 17.3. The van der Waals surface area contributed by atoms with Crippen molar-refractivity contribution in [2.24, 2.45) is 11.3 Å². The summed E-state index contributed by atoms with van der Waals surface area (Å²) >= 11 is 0. The summed E-state index contributed by atoms with van der Waals surface area (Å²) in [4.78, 5) is 0. The van der Waals surface area contributed by atoms with Gasteiger partial charge in [-0.15, -0.1) is 0 Å². The molecule has 1 atom stereocenters. The molecule has 0 aliphatic carbocycles. The fourth-order valence-electron chi connectivity index (χ4n) is 3.54. The zero-order valence-corrected chi connectivity index (χ0v) is 20.9. The minimum atomic E-state index is -1.64. The van der Waals surface area contributed by atoms with E-state index in [2.05, 4.69) is 114 Å². The SMILES string of the molecule is Cc1ccccc1[Si](C)(C)COc1cccc(CC(C)C/C=C/C#CC(C)(C)C)c1. The highest BCUT2D eigenvalue weighted by atomic mass is 28.3. The van der Waals surface area contributed by atoms with Crippen LogP contribution in [0.3, 0.4) is 0 Å². The third-order valence-corrected chi connectivity index (χ3v) is 8.03. The number of rotatable bonds is 8. The Kier molecular flexibility index (Phi) is 8.56. The van der Waals surface area contributed by atoms with Gasteiger partial charge in [-0.25, -0.2) is 0 Å². The predicted octanol–water partition coefficient (Wildman–Crippen LogP) is 6.70. The minimum Gasteiger partial charge on any atom is -0.497 e. The maximum atomic E-state index is 6.28. The lowest BCUT2D eigenvalue weighted by molar-refractivity contribution is 0.378. The molecule has 0 aliphatic heterocycles. The van der Waals surface area contributed by atoms with Crippen molar-refractivity contribution < 1.29 is 4.74 Å². The van der Waals surface area contributed by atoms with Crippen LogP contribution >= 0.6 is 0 Å². The van der Waals surface area contributed by atoms with Crippen molar-refractivity contribution in [3.05, 3.63) is 71.8 Å². The predicted molar refractivity (Wildman–Crippen MR) is 134 cm³/mol. The Balaban J connectivity index is 1.92. The average molecular weight is 419 g/mol. The van der Waals surface area contributed by atoms with Gasteiger partial charge in [0.25, 0.3) is 0 Å².